The Morgan fingerprint density at radius 2 is 2.30 bits per heavy atom. The van der Waals surface area contributed by atoms with Crippen LogP contribution in [0.4, 0.5) is 0 Å². The first-order valence-electron chi connectivity index (χ1n) is 7.46. The van der Waals surface area contributed by atoms with Crippen molar-refractivity contribution in [3.05, 3.63) is 35.2 Å². The fraction of sp³-hybridized carbons (Fsp3) is 0.467. The van der Waals surface area contributed by atoms with Gasteiger partial charge in [-0.1, -0.05) is 19.0 Å². The van der Waals surface area contributed by atoms with Gasteiger partial charge in [0, 0.05) is 12.5 Å². The van der Waals surface area contributed by atoms with Gasteiger partial charge in [0.25, 0.3) is 5.91 Å². The summed E-state index contributed by atoms with van der Waals surface area (Å²) in [6.07, 6.45) is 2.38. The average Bonchev–Trinajstić information content (AvgIpc) is 3.12. The molecular weight excluding hydrogens is 300 g/mol. The van der Waals surface area contributed by atoms with Crippen molar-refractivity contribution in [1.29, 1.82) is 0 Å². The molecule has 0 saturated carbocycles. The Morgan fingerprint density at radius 1 is 1.52 bits per heavy atom. The summed E-state index contributed by atoms with van der Waals surface area (Å²) in [5, 5.41) is 13.3. The summed E-state index contributed by atoms with van der Waals surface area (Å²) in [7, 11) is 0. The summed E-state index contributed by atoms with van der Waals surface area (Å²) in [4.78, 5) is 32.5. The van der Waals surface area contributed by atoms with Gasteiger partial charge in [-0.15, -0.1) is 0 Å². The van der Waals surface area contributed by atoms with Gasteiger partial charge in [0.2, 0.25) is 5.76 Å². The highest BCUT2D eigenvalue weighted by atomic mass is 16.5. The number of nitrogens with one attached hydrogen (secondary N) is 1. The van der Waals surface area contributed by atoms with Crippen molar-refractivity contribution in [3.8, 4) is 0 Å². The van der Waals surface area contributed by atoms with Crippen molar-refractivity contribution in [2.24, 2.45) is 5.92 Å². The molecule has 0 saturated heterocycles. The van der Waals surface area contributed by atoms with E-state index in [1.165, 1.54) is 11.2 Å². The molecule has 2 aromatic heterocycles. The molecule has 8 heteroatoms. The molecule has 122 valence electrons. The minimum Gasteiger partial charge on any atom is -0.480 e. The Labute approximate surface area is 132 Å². The van der Waals surface area contributed by atoms with Crippen LogP contribution in [0.1, 0.15) is 41.5 Å². The van der Waals surface area contributed by atoms with E-state index in [-0.39, 0.29) is 18.7 Å². The zero-order chi connectivity index (χ0) is 16.6. The van der Waals surface area contributed by atoms with E-state index < -0.39 is 17.9 Å². The topological polar surface area (TPSA) is 112 Å². The molecule has 23 heavy (non-hydrogen) atoms. The van der Waals surface area contributed by atoms with E-state index in [2.05, 4.69) is 15.1 Å². The molecule has 3 heterocycles. The van der Waals surface area contributed by atoms with Crippen LogP contribution in [0.2, 0.25) is 0 Å². The van der Waals surface area contributed by atoms with Crippen molar-refractivity contribution >= 4 is 11.9 Å². The van der Waals surface area contributed by atoms with E-state index in [0.717, 1.165) is 5.69 Å². The van der Waals surface area contributed by atoms with Crippen LogP contribution in [0.25, 0.3) is 0 Å². The van der Waals surface area contributed by atoms with Crippen LogP contribution in [0.5, 0.6) is 0 Å². The number of imidazole rings is 1. The standard InChI is InChI=1S/C15H18N4O4/c1-8(2)3-9-4-13(23-18-9)14(20)19-6-11-10(16-7-17-11)5-12(19)15(21)22/h4,7-8,12H,3,5-6H2,1-2H3,(H,16,17)(H,21,22). The third-order valence-electron chi connectivity index (χ3n) is 3.83. The first-order valence-corrected chi connectivity index (χ1v) is 7.46. The maximum absolute atomic E-state index is 12.6. The lowest BCUT2D eigenvalue weighted by Crippen LogP contribution is -2.48. The second kappa shape index (κ2) is 5.86. The number of carboxylic acids is 1. The van der Waals surface area contributed by atoms with Crippen LogP contribution in [0, 0.1) is 5.92 Å². The molecule has 2 aromatic rings. The average molecular weight is 318 g/mol. The van der Waals surface area contributed by atoms with Crippen molar-refractivity contribution in [3.63, 3.8) is 0 Å². The van der Waals surface area contributed by atoms with E-state index in [0.29, 0.717) is 23.7 Å². The number of aliphatic carboxylic acids is 1. The van der Waals surface area contributed by atoms with Gasteiger partial charge in [0.15, 0.2) is 0 Å². The third kappa shape index (κ3) is 2.96. The van der Waals surface area contributed by atoms with Crippen LogP contribution in [0.15, 0.2) is 16.9 Å². The predicted molar refractivity (Wildman–Crippen MR) is 78.6 cm³/mol. The van der Waals surface area contributed by atoms with E-state index in [1.807, 2.05) is 13.8 Å². The normalized spacial score (nSPS) is 17.3. The number of carbonyl (C=O) groups is 2. The Bertz CT molecular complexity index is 733. The first-order chi connectivity index (χ1) is 11.0. The highest BCUT2D eigenvalue weighted by Crippen LogP contribution is 2.23. The largest absolute Gasteiger partial charge is 0.480 e. The molecule has 1 unspecified atom stereocenters. The Kier molecular flexibility index (Phi) is 3.89. The lowest BCUT2D eigenvalue weighted by atomic mass is 10.0. The van der Waals surface area contributed by atoms with Crippen molar-refractivity contribution in [2.75, 3.05) is 0 Å². The number of nitrogens with zero attached hydrogens (tertiary/aromatic N) is 3. The number of hydrogen-bond acceptors (Lipinski definition) is 5. The fourth-order valence-corrected chi connectivity index (χ4v) is 2.74. The molecule has 0 bridgehead atoms. The SMILES string of the molecule is CC(C)Cc1cc(C(=O)N2Cc3[nH]cnc3CC2C(=O)O)on1. The minimum atomic E-state index is -1.06. The highest BCUT2D eigenvalue weighted by molar-refractivity contribution is 5.94. The van der Waals surface area contributed by atoms with Crippen molar-refractivity contribution < 1.29 is 19.2 Å². The highest BCUT2D eigenvalue weighted by Gasteiger charge is 2.37. The molecule has 1 atom stereocenters. The number of H-pyrrole nitrogens is 1. The quantitative estimate of drug-likeness (QED) is 0.877. The zero-order valence-corrected chi connectivity index (χ0v) is 12.9. The summed E-state index contributed by atoms with van der Waals surface area (Å²) in [5.74, 6) is -1.08. The van der Waals surface area contributed by atoms with Crippen LogP contribution in [-0.2, 0) is 24.2 Å². The summed E-state index contributed by atoms with van der Waals surface area (Å²) in [6.45, 7) is 4.24. The Balaban J connectivity index is 1.85. The van der Waals surface area contributed by atoms with Gasteiger partial charge < -0.3 is 19.5 Å². The number of carboxylic acid groups (broad SMARTS) is 1. The smallest absolute Gasteiger partial charge is 0.326 e. The molecule has 0 spiro atoms. The number of aromatic nitrogens is 3. The molecule has 1 aliphatic heterocycles. The molecule has 0 aliphatic carbocycles. The molecule has 2 N–H and O–H groups in total. The molecule has 1 amide bonds. The van der Waals surface area contributed by atoms with E-state index in [9.17, 15) is 14.7 Å². The van der Waals surface area contributed by atoms with Gasteiger partial charge in [-0.3, -0.25) is 4.79 Å². The molecule has 0 radical (unpaired) electrons. The fourth-order valence-electron chi connectivity index (χ4n) is 2.74. The van der Waals surface area contributed by atoms with Crippen molar-refractivity contribution in [1.82, 2.24) is 20.0 Å². The van der Waals surface area contributed by atoms with Gasteiger partial charge in [-0.25, -0.2) is 9.78 Å². The molecule has 3 rings (SSSR count). The maximum atomic E-state index is 12.6. The van der Waals surface area contributed by atoms with Gasteiger partial charge in [0.05, 0.1) is 30.0 Å². The van der Waals surface area contributed by atoms with Gasteiger partial charge in [-0.2, -0.15) is 0 Å². The van der Waals surface area contributed by atoms with Gasteiger partial charge >= 0.3 is 5.97 Å². The Morgan fingerprint density at radius 3 is 3.00 bits per heavy atom. The van der Waals surface area contributed by atoms with Crippen molar-refractivity contribution in [2.45, 2.75) is 39.3 Å². The van der Waals surface area contributed by atoms with Crippen LogP contribution in [0.3, 0.4) is 0 Å². The zero-order valence-electron chi connectivity index (χ0n) is 12.9. The molecule has 0 fully saturated rings. The minimum absolute atomic E-state index is 0.0647. The summed E-state index contributed by atoms with van der Waals surface area (Å²) in [5.41, 5.74) is 2.12. The number of hydrogen-bond donors (Lipinski definition) is 2. The Hall–Kier alpha value is -2.64. The van der Waals surface area contributed by atoms with E-state index in [4.69, 9.17) is 4.52 Å². The summed E-state index contributed by atoms with van der Waals surface area (Å²) < 4.78 is 5.12. The lowest BCUT2D eigenvalue weighted by Gasteiger charge is -2.31. The third-order valence-corrected chi connectivity index (χ3v) is 3.83. The molecular formula is C15H18N4O4. The van der Waals surface area contributed by atoms with Crippen LogP contribution < -0.4 is 0 Å². The number of fused-ring (bicyclic) bond motifs is 1. The van der Waals surface area contributed by atoms with Crippen LogP contribution in [-0.4, -0.2) is 43.0 Å². The van der Waals surface area contributed by atoms with Gasteiger partial charge in [0.1, 0.15) is 6.04 Å². The number of aromatic amines is 1. The molecule has 0 aromatic carbocycles. The first kappa shape index (κ1) is 15.3. The lowest BCUT2D eigenvalue weighted by molar-refractivity contribution is -0.142. The van der Waals surface area contributed by atoms with E-state index >= 15 is 0 Å². The number of rotatable bonds is 4. The number of carbonyl (C=O) groups excluding carboxylic acids is 1. The summed E-state index contributed by atoms with van der Waals surface area (Å²) in [6, 6.07) is 0.626. The maximum Gasteiger partial charge on any atom is 0.326 e. The summed E-state index contributed by atoms with van der Waals surface area (Å²) >= 11 is 0. The number of amides is 1. The monoisotopic (exact) mass is 318 g/mol. The second-order valence-corrected chi connectivity index (χ2v) is 6.10. The molecule has 1 aliphatic rings. The predicted octanol–water partition coefficient (Wildman–Crippen LogP) is 1.25. The molecule has 8 nitrogen and oxygen atoms in total. The van der Waals surface area contributed by atoms with Gasteiger partial charge in [-0.05, 0) is 12.3 Å². The second-order valence-electron chi connectivity index (χ2n) is 6.10. The van der Waals surface area contributed by atoms with Crippen LogP contribution >= 0.6 is 0 Å². The van der Waals surface area contributed by atoms with E-state index in [1.54, 1.807) is 6.07 Å².